The molecule has 0 aliphatic heterocycles. The minimum atomic E-state index is -0.186. The molecule has 0 fully saturated rings. The number of carbonyl (C=O) groups excluding carboxylic acids is 1. The van der Waals surface area contributed by atoms with Gasteiger partial charge >= 0.3 is 0 Å². The summed E-state index contributed by atoms with van der Waals surface area (Å²) in [6.07, 6.45) is 0.863. The third-order valence-corrected chi connectivity index (χ3v) is 5.59. The van der Waals surface area contributed by atoms with Crippen LogP contribution in [0, 0.1) is 0 Å². The van der Waals surface area contributed by atoms with Crippen LogP contribution < -0.4 is 10.1 Å². The minimum absolute atomic E-state index is 0.0225. The number of amides is 1. The number of aromatic nitrogens is 1. The summed E-state index contributed by atoms with van der Waals surface area (Å²) in [7, 11) is 0. The number of rotatable bonds is 7. The molecular weight excluding hydrogens is 392 g/mol. The van der Waals surface area contributed by atoms with E-state index in [1.165, 1.54) is 0 Å². The molecule has 1 N–H and O–H groups in total. The summed E-state index contributed by atoms with van der Waals surface area (Å²) in [6.45, 7) is 2.04. The van der Waals surface area contributed by atoms with Crippen molar-refractivity contribution in [3.8, 4) is 27.6 Å². The number of nitrogens with zero attached hydrogens (tertiary/aromatic N) is 1. The van der Waals surface area contributed by atoms with Gasteiger partial charge < -0.3 is 10.1 Å². The topological polar surface area (TPSA) is 51.2 Å². The van der Waals surface area contributed by atoms with Gasteiger partial charge in [0.25, 0.3) is 5.91 Å². The lowest BCUT2D eigenvalue weighted by atomic mass is 10.1. The van der Waals surface area contributed by atoms with Crippen molar-refractivity contribution in [2.45, 2.75) is 13.3 Å². The second-order valence-electron chi connectivity index (χ2n) is 6.78. The largest absolute Gasteiger partial charge is 0.483 e. The van der Waals surface area contributed by atoms with Crippen LogP contribution in [0.2, 0.25) is 0 Å². The van der Waals surface area contributed by atoms with Gasteiger partial charge in [0.15, 0.2) is 6.61 Å². The van der Waals surface area contributed by atoms with Gasteiger partial charge in [-0.3, -0.25) is 4.79 Å². The standard InChI is InChI=1S/C25H22N2O2S/c1-2-18-8-6-7-11-23(18)29-16-24(28)26-21-14-12-19(13-15-21)22-17-30-25(27-22)20-9-4-3-5-10-20/h3-15,17H,2,16H2,1H3,(H,26,28). The molecule has 4 rings (SSSR count). The summed E-state index contributed by atoms with van der Waals surface area (Å²) < 4.78 is 5.68. The van der Waals surface area contributed by atoms with Gasteiger partial charge in [0.2, 0.25) is 0 Å². The maximum Gasteiger partial charge on any atom is 0.262 e. The molecule has 1 aromatic heterocycles. The Bertz CT molecular complexity index is 1120. The number of benzene rings is 3. The predicted octanol–water partition coefficient (Wildman–Crippen LogP) is 6.06. The van der Waals surface area contributed by atoms with E-state index in [0.29, 0.717) is 0 Å². The maximum absolute atomic E-state index is 12.3. The van der Waals surface area contributed by atoms with Crippen molar-refractivity contribution in [2.75, 3.05) is 11.9 Å². The number of hydrogen-bond acceptors (Lipinski definition) is 4. The summed E-state index contributed by atoms with van der Waals surface area (Å²) in [5.41, 5.74) is 4.88. The van der Waals surface area contributed by atoms with Crippen LogP contribution in [0.15, 0.2) is 84.2 Å². The fourth-order valence-corrected chi connectivity index (χ4v) is 3.96. The molecule has 0 unspecified atom stereocenters. The third-order valence-electron chi connectivity index (χ3n) is 4.70. The molecule has 4 nitrogen and oxygen atoms in total. The molecule has 0 saturated heterocycles. The van der Waals surface area contributed by atoms with Crippen molar-refractivity contribution in [1.82, 2.24) is 4.98 Å². The van der Waals surface area contributed by atoms with Crippen LogP contribution in [0.4, 0.5) is 5.69 Å². The quantitative estimate of drug-likeness (QED) is 0.400. The number of thiazole rings is 1. The number of hydrogen-bond donors (Lipinski definition) is 1. The number of nitrogens with one attached hydrogen (secondary N) is 1. The van der Waals surface area contributed by atoms with Crippen LogP contribution in [-0.4, -0.2) is 17.5 Å². The van der Waals surface area contributed by atoms with Crippen LogP contribution in [0.5, 0.6) is 5.75 Å². The van der Waals surface area contributed by atoms with Crippen molar-refractivity contribution < 1.29 is 9.53 Å². The van der Waals surface area contributed by atoms with Gasteiger partial charge in [-0.05, 0) is 30.2 Å². The zero-order valence-corrected chi connectivity index (χ0v) is 17.5. The summed E-state index contributed by atoms with van der Waals surface area (Å²) in [5, 5.41) is 5.92. The van der Waals surface area contributed by atoms with Crippen molar-refractivity contribution in [1.29, 1.82) is 0 Å². The van der Waals surface area contributed by atoms with Gasteiger partial charge in [-0.1, -0.05) is 67.6 Å². The lowest BCUT2D eigenvalue weighted by molar-refractivity contribution is -0.118. The number of anilines is 1. The summed E-state index contributed by atoms with van der Waals surface area (Å²) >= 11 is 1.62. The van der Waals surface area contributed by atoms with Crippen LogP contribution >= 0.6 is 11.3 Å². The smallest absolute Gasteiger partial charge is 0.262 e. The average Bonchev–Trinajstić information content (AvgIpc) is 3.29. The minimum Gasteiger partial charge on any atom is -0.483 e. The first-order valence-electron chi connectivity index (χ1n) is 9.85. The molecular formula is C25H22N2O2S. The summed E-state index contributed by atoms with van der Waals surface area (Å²) in [6, 6.07) is 25.6. The fraction of sp³-hybridized carbons (Fsp3) is 0.120. The molecule has 1 heterocycles. The molecule has 0 saturated carbocycles. The second kappa shape index (κ2) is 9.37. The fourth-order valence-electron chi connectivity index (χ4n) is 3.12. The zero-order chi connectivity index (χ0) is 20.8. The highest BCUT2D eigenvalue weighted by Gasteiger charge is 2.09. The van der Waals surface area contributed by atoms with Crippen molar-refractivity contribution in [3.63, 3.8) is 0 Å². The van der Waals surface area contributed by atoms with Crippen LogP contribution in [0.1, 0.15) is 12.5 Å². The Labute approximate surface area is 180 Å². The molecule has 0 bridgehead atoms. The number of aryl methyl sites for hydroxylation is 1. The molecule has 150 valence electrons. The Kier molecular flexibility index (Phi) is 6.20. The molecule has 30 heavy (non-hydrogen) atoms. The van der Waals surface area contributed by atoms with Gasteiger partial charge in [-0.25, -0.2) is 4.98 Å². The second-order valence-corrected chi connectivity index (χ2v) is 7.64. The van der Waals surface area contributed by atoms with Gasteiger partial charge in [0, 0.05) is 22.2 Å². The third kappa shape index (κ3) is 4.75. The summed E-state index contributed by atoms with van der Waals surface area (Å²) in [4.78, 5) is 17.0. The number of carbonyl (C=O) groups is 1. The maximum atomic E-state index is 12.3. The Morgan fingerprint density at radius 1 is 0.933 bits per heavy atom. The highest BCUT2D eigenvalue weighted by molar-refractivity contribution is 7.13. The van der Waals surface area contributed by atoms with E-state index in [4.69, 9.17) is 9.72 Å². The van der Waals surface area contributed by atoms with E-state index >= 15 is 0 Å². The van der Waals surface area contributed by atoms with Gasteiger partial charge in [0.1, 0.15) is 10.8 Å². The monoisotopic (exact) mass is 414 g/mol. The van der Waals surface area contributed by atoms with E-state index in [0.717, 1.165) is 45.2 Å². The van der Waals surface area contributed by atoms with E-state index in [1.54, 1.807) is 11.3 Å². The van der Waals surface area contributed by atoms with Gasteiger partial charge in [-0.15, -0.1) is 11.3 Å². The first-order chi connectivity index (χ1) is 14.7. The zero-order valence-electron chi connectivity index (χ0n) is 16.7. The first kappa shape index (κ1) is 19.9. The van der Waals surface area contributed by atoms with E-state index in [1.807, 2.05) is 66.7 Å². The SMILES string of the molecule is CCc1ccccc1OCC(=O)Nc1ccc(-c2csc(-c3ccccc3)n2)cc1. The van der Waals surface area contributed by atoms with Crippen LogP contribution in [0.25, 0.3) is 21.8 Å². The lowest BCUT2D eigenvalue weighted by Crippen LogP contribution is -2.20. The lowest BCUT2D eigenvalue weighted by Gasteiger charge is -2.10. The van der Waals surface area contributed by atoms with Gasteiger partial charge in [0.05, 0.1) is 5.69 Å². The molecule has 0 atom stereocenters. The Morgan fingerprint density at radius 3 is 2.43 bits per heavy atom. The van der Waals surface area contributed by atoms with Crippen molar-refractivity contribution >= 4 is 22.9 Å². The first-order valence-corrected chi connectivity index (χ1v) is 10.7. The Morgan fingerprint density at radius 2 is 1.67 bits per heavy atom. The molecule has 5 heteroatoms. The van der Waals surface area contributed by atoms with Crippen LogP contribution in [-0.2, 0) is 11.2 Å². The predicted molar refractivity (Wildman–Crippen MR) is 123 cm³/mol. The molecule has 0 aliphatic carbocycles. The molecule has 0 radical (unpaired) electrons. The molecule has 3 aromatic carbocycles. The average molecular weight is 415 g/mol. The van der Waals surface area contributed by atoms with E-state index < -0.39 is 0 Å². The molecule has 4 aromatic rings. The number of para-hydroxylation sites is 1. The Hall–Kier alpha value is -3.44. The number of ether oxygens (including phenoxy) is 1. The van der Waals surface area contributed by atoms with Crippen LogP contribution in [0.3, 0.4) is 0 Å². The molecule has 1 amide bonds. The van der Waals surface area contributed by atoms with Gasteiger partial charge in [-0.2, -0.15) is 0 Å². The van der Waals surface area contributed by atoms with E-state index in [9.17, 15) is 4.79 Å². The van der Waals surface area contributed by atoms with E-state index in [-0.39, 0.29) is 12.5 Å². The van der Waals surface area contributed by atoms with Crippen molar-refractivity contribution in [3.05, 3.63) is 89.8 Å². The summed E-state index contributed by atoms with van der Waals surface area (Å²) in [5.74, 6) is 0.567. The normalized spacial score (nSPS) is 10.6. The highest BCUT2D eigenvalue weighted by atomic mass is 32.1. The highest BCUT2D eigenvalue weighted by Crippen LogP contribution is 2.29. The Balaban J connectivity index is 1.37. The van der Waals surface area contributed by atoms with E-state index in [2.05, 4.69) is 29.8 Å². The molecule has 0 aliphatic rings. The van der Waals surface area contributed by atoms with Crippen molar-refractivity contribution in [2.24, 2.45) is 0 Å². The molecule has 0 spiro atoms.